The maximum Gasteiger partial charge on any atom is 0.322 e. The largest absolute Gasteiger partial charge is 0.468 e. The van der Waals surface area contributed by atoms with Crippen LogP contribution in [0.4, 0.5) is 0 Å². The predicted molar refractivity (Wildman–Crippen MR) is 103 cm³/mol. The summed E-state index contributed by atoms with van der Waals surface area (Å²) in [5, 5.41) is 1.14. The van der Waals surface area contributed by atoms with Crippen LogP contribution in [0.15, 0.2) is 48.7 Å². The smallest absolute Gasteiger partial charge is 0.322 e. The van der Waals surface area contributed by atoms with Crippen molar-refractivity contribution in [3.8, 4) is 5.69 Å². The first-order valence-corrected chi connectivity index (χ1v) is 8.87. The molecule has 2 N–H and O–H groups in total. The number of aromatic nitrogens is 2. The molecule has 0 aliphatic carbocycles. The van der Waals surface area contributed by atoms with Crippen LogP contribution in [0, 0.1) is 5.92 Å². The molecule has 3 aromatic rings. The Bertz CT molecular complexity index is 897. The van der Waals surface area contributed by atoms with Crippen molar-refractivity contribution < 1.29 is 9.53 Å². The zero-order valence-electron chi connectivity index (χ0n) is 15.5. The van der Waals surface area contributed by atoms with Crippen LogP contribution in [0.3, 0.4) is 0 Å². The van der Waals surface area contributed by atoms with Crippen molar-refractivity contribution in [3.05, 3.63) is 59.9 Å². The highest BCUT2D eigenvalue weighted by Gasteiger charge is 2.15. The summed E-state index contributed by atoms with van der Waals surface area (Å²) in [6, 6.07) is 13.7. The number of nitrogens with zero attached hydrogens (tertiary/aromatic N) is 2. The highest BCUT2D eigenvalue weighted by atomic mass is 16.5. The van der Waals surface area contributed by atoms with Crippen LogP contribution in [0.2, 0.25) is 0 Å². The average molecular weight is 351 g/mol. The van der Waals surface area contributed by atoms with Crippen LogP contribution in [-0.4, -0.2) is 28.7 Å². The van der Waals surface area contributed by atoms with E-state index in [-0.39, 0.29) is 0 Å². The van der Waals surface area contributed by atoms with E-state index >= 15 is 0 Å². The highest BCUT2D eigenvalue weighted by molar-refractivity contribution is 5.79. The van der Waals surface area contributed by atoms with E-state index in [9.17, 15) is 4.79 Å². The summed E-state index contributed by atoms with van der Waals surface area (Å²) in [5.74, 6) is 0.157. The zero-order chi connectivity index (χ0) is 18.7. The van der Waals surface area contributed by atoms with Gasteiger partial charge in [-0.2, -0.15) is 0 Å². The summed E-state index contributed by atoms with van der Waals surface area (Å²) in [7, 11) is 1.35. The Morgan fingerprint density at radius 2 is 1.92 bits per heavy atom. The number of carbonyl (C=O) groups is 1. The van der Waals surface area contributed by atoms with E-state index in [0.29, 0.717) is 12.3 Å². The lowest BCUT2D eigenvalue weighted by Crippen LogP contribution is -2.33. The fourth-order valence-electron chi connectivity index (χ4n) is 3.22. The molecule has 136 valence electrons. The Labute approximate surface area is 153 Å². The van der Waals surface area contributed by atoms with E-state index in [1.165, 1.54) is 12.8 Å². The molecule has 0 aliphatic heterocycles. The van der Waals surface area contributed by atoms with Gasteiger partial charge in [-0.25, -0.2) is 4.98 Å². The van der Waals surface area contributed by atoms with E-state index in [0.717, 1.165) is 28.7 Å². The molecule has 0 saturated carbocycles. The lowest BCUT2D eigenvalue weighted by molar-refractivity contribution is -0.142. The molecule has 1 aromatic carbocycles. The van der Waals surface area contributed by atoms with Crippen LogP contribution in [0.5, 0.6) is 0 Å². The number of methoxy groups -OCH3 is 1. The molecule has 5 nitrogen and oxygen atoms in total. The second-order valence-corrected chi connectivity index (χ2v) is 6.99. The van der Waals surface area contributed by atoms with Gasteiger partial charge >= 0.3 is 5.97 Å². The summed E-state index contributed by atoms with van der Waals surface area (Å²) >= 11 is 0. The van der Waals surface area contributed by atoms with Gasteiger partial charge in [-0.3, -0.25) is 9.36 Å². The molecular formula is C21H25N3O2. The number of fused-ring (bicyclic) bond motifs is 1. The molecule has 1 atom stereocenters. The first-order chi connectivity index (χ1) is 12.5. The number of hydrogen-bond acceptors (Lipinski definition) is 4. The van der Waals surface area contributed by atoms with Crippen molar-refractivity contribution >= 4 is 17.0 Å². The van der Waals surface area contributed by atoms with E-state index in [1.807, 2.05) is 24.4 Å². The Kier molecular flexibility index (Phi) is 5.38. The maximum absolute atomic E-state index is 11.5. The van der Waals surface area contributed by atoms with E-state index in [4.69, 9.17) is 10.5 Å². The average Bonchev–Trinajstić information content (AvgIpc) is 2.98. The molecular weight excluding hydrogens is 326 g/mol. The van der Waals surface area contributed by atoms with Gasteiger partial charge in [0.1, 0.15) is 11.7 Å². The second-order valence-electron chi connectivity index (χ2n) is 6.99. The molecule has 0 aliphatic rings. The van der Waals surface area contributed by atoms with Gasteiger partial charge in [0, 0.05) is 23.0 Å². The van der Waals surface area contributed by atoms with Crippen LogP contribution in [0.25, 0.3) is 16.7 Å². The maximum atomic E-state index is 11.5. The normalized spacial score (nSPS) is 12.5. The van der Waals surface area contributed by atoms with E-state index in [2.05, 4.69) is 47.7 Å². The molecule has 0 bridgehead atoms. The van der Waals surface area contributed by atoms with E-state index in [1.54, 1.807) is 0 Å². The Balaban J connectivity index is 1.95. The second kappa shape index (κ2) is 7.70. The summed E-state index contributed by atoms with van der Waals surface area (Å²) in [6.07, 6.45) is 3.25. The number of ether oxygens (including phenoxy) is 1. The van der Waals surface area contributed by atoms with Crippen LogP contribution >= 0.6 is 0 Å². The minimum Gasteiger partial charge on any atom is -0.468 e. The Morgan fingerprint density at radius 1 is 1.19 bits per heavy atom. The first kappa shape index (κ1) is 18.1. The summed E-state index contributed by atoms with van der Waals surface area (Å²) in [6.45, 7) is 4.43. The third kappa shape index (κ3) is 3.78. The molecule has 0 amide bonds. The molecule has 0 spiro atoms. The van der Waals surface area contributed by atoms with Crippen molar-refractivity contribution in [1.82, 2.24) is 9.55 Å². The molecule has 0 radical (unpaired) electrons. The number of esters is 1. The fourth-order valence-corrected chi connectivity index (χ4v) is 3.22. The van der Waals surface area contributed by atoms with Gasteiger partial charge in [-0.1, -0.05) is 26.0 Å². The molecule has 26 heavy (non-hydrogen) atoms. The summed E-state index contributed by atoms with van der Waals surface area (Å²) in [5.41, 5.74) is 10.1. The van der Waals surface area contributed by atoms with Crippen molar-refractivity contribution in [1.29, 1.82) is 0 Å². The lowest BCUT2D eigenvalue weighted by atomic mass is 10.1. The minimum atomic E-state index is -0.642. The number of carbonyl (C=O) groups excluding carboxylic acids is 1. The molecule has 5 heteroatoms. The van der Waals surface area contributed by atoms with Gasteiger partial charge in [-0.05, 0) is 54.7 Å². The highest BCUT2D eigenvalue weighted by Crippen LogP contribution is 2.25. The number of nitrogens with two attached hydrogens (primary N) is 1. The van der Waals surface area contributed by atoms with Crippen LogP contribution in [-0.2, 0) is 22.4 Å². The standard InChI is InChI=1S/C21H25N3O2/c1-14(2)11-18-13-16-5-4-10-23-20(16)24(18)17-8-6-15(7-9-17)12-19(22)21(25)26-3/h4-10,13-14,19H,11-12,22H2,1-3H3. The van der Waals surface area contributed by atoms with Crippen LogP contribution in [0.1, 0.15) is 25.1 Å². The van der Waals surface area contributed by atoms with E-state index < -0.39 is 12.0 Å². The fraction of sp³-hybridized carbons (Fsp3) is 0.333. The molecule has 1 unspecified atom stereocenters. The van der Waals surface area contributed by atoms with Gasteiger partial charge < -0.3 is 10.5 Å². The predicted octanol–water partition coefficient (Wildman–Crippen LogP) is 3.27. The van der Waals surface area contributed by atoms with Gasteiger partial charge in [0.05, 0.1) is 7.11 Å². The number of hydrogen-bond donors (Lipinski definition) is 1. The topological polar surface area (TPSA) is 70.1 Å². The zero-order valence-corrected chi connectivity index (χ0v) is 15.5. The summed E-state index contributed by atoms with van der Waals surface area (Å²) < 4.78 is 6.90. The Hall–Kier alpha value is -2.66. The SMILES string of the molecule is COC(=O)C(N)Cc1ccc(-n2c(CC(C)C)cc3cccnc32)cc1. The molecule has 0 saturated heterocycles. The molecule has 2 aromatic heterocycles. The van der Waals surface area contributed by atoms with Crippen molar-refractivity contribution in [2.45, 2.75) is 32.7 Å². The molecule has 0 fully saturated rings. The molecule has 2 heterocycles. The van der Waals surface area contributed by atoms with Gasteiger partial charge in [-0.15, -0.1) is 0 Å². The summed E-state index contributed by atoms with van der Waals surface area (Å²) in [4.78, 5) is 16.1. The first-order valence-electron chi connectivity index (χ1n) is 8.87. The number of rotatable bonds is 6. The third-order valence-corrected chi connectivity index (χ3v) is 4.41. The van der Waals surface area contributed by atoms with Crippen molar-refractivity contribution in [2.75, 3.05) is 7.11 Å². The minimum absolute atomic E-state index is 0.395. The lowest BCUT2D eigenvalue weighted by Gasteiger charge is -2.13. The molecule has 3 rings (SSSR count). The van der Waals surface area contributed by atoms with Crippen molar-refractivity contribution in [3.63, 3.8) is 0 Å². The monoisotopic (exact) mass is 351 g/mol. The Morgan fingerprint density at radius 3 is 2.58 bits per heavy atom. The third-order valence-electron chi connectivity index (χ3n) is 4.41. The van der Waals surface area contributed by atoms with Gasteiger partial charge in [0.25, 0.3) is 0 Å². The van der Waals surface area contributed by atoms with Gasteiger partial charge in [0.15, 0.2) is 0 Å². The number of benzene rings is 1. The van der Waals surface area contributed by atoms with Crippen molar-refractivity contribution in [2.24, 2.45) is 11.7 Å². The number of pyridine rings is 1. The van der Waals surface area contributed by atoms with Gasteiger partial charge in [0.2, 0.25) is 0 Å². The quantitative estimate of drug-likeness (QED) is 0.692. The van der Waals surface area contributed by atoms with Crippen LogP contribution < -0.4 is 5.73 Å².